The van der Waals surface area contributed by atoms with Crippen molar-refractivity contribution in [2.24, 2.45) is 5.92 Å². The average Bonchev–Trinajstić information content (AvgIpc) is 3.13. The average molecular weight is 277 g/mol. The lowest BCUT2D eigenvalue weighted by atomic mass is 9.87. The minimum absolute atomic E-state index is 0.366. The minimum Gasteiger partial charge on any atom is -0.383 e. The van der Waals surface area contributed by atoms with E-state index in [-0.39, 0.29) is 0 Å². The Labute approximate surface area is 121 Å². The molecule has 1 N–H and O–H groups in total. The van der Waals surface area contributed by atoms with Crippen LogP contribution >= 0.6 is 0 Å². The molecule has 1 aliphatic heterocycles. The van der Waals surface area contributed by atoms with E-state index < -0.39 is 0 Å². The summed E-state index contributed by atoms with van der Waals surface area (Å²) in [5.41, 5.74) is 1.15. The SMILES string of the molecule is c1nn(CC2CCCO2)cc1NCCC1CCCCC1. The van der Waals surface area contributed by atoms with Crippen molar-refractivity contribution in [3.05, 3.63) is 12.4 Å². The van der Waals surface area contributed by atoms with Crippen LogP contribution in [-0.4, -0.2) is 29.0 Å². The zero-order valence-corrected chi connectivity index (χ0v) is 12.4. The van der Waals surface area contributed by atoms with Crippen molar-refractivity contribution in [2.75, 3.05) is 18.5 Å². The first kappa shape index (κ1) is 13.9. The molecule has 4 heteroatoms. The van der Waals surface area contributed by atoms with Gasteiger partial charge in [0.15, 0.2) is 0 Å². The fourth-order valence-corrected chi connectivity index (χ4v) is 3.45. The summed E-state index contributed by atoms with van der Waals surface area (Å²) < 4.78 is 7.66. The van der Waals surface area contributed by atoms with Gasteiger partial charge in [0.25, 0.3) is 0 Å². The van der Waals surface area contributed by atoms with E-state index >= 15 is 0 Å². The molecular weight excluding hydrogens is 250 g/mol. The van der Waals surface area contributed by atoms with Gasteiger partial charge in [-0.15, -0.1) is 0 Å². The first-order valence-corrected chi connectivity index (χ1v) is 8.28. The van der Waals surface area contributed by atoms with Gasteiger partial charge >= 0.3 is 0 Å². The molecule has 4 nitrogen and oxygen atoms in total. The van der Waals surface area contributed by atoms with E-state index in [0.29, 0.717) is 6.10 Å². The maximum absolute atomic E-state index is 5.65. The molecule has 2 fully saturated rings. The summed E-state index contributed by atoms with van der Waals surface area (Å²) in [6.45, 7) is 2.89. The van der Waals surface area contributed by atoms with Crippen LogP contribution in [0.5, 0.6) is 0 Å². The predicted octanol–water partition coefficient (Wildman–Crippen LogP) is 3.44. The van der Waals surface area contributed by atoms with Crippen LogP contribution in [0.1, 0.15) is 51.4 Å². The van der Waals surface area contributed by atoms with Gasteiger partial charge in [-0.3, -0.25) is 4.68 Å². The second kappa shape index (κ2) is 7.11. The molecule has 2 heterocycles. The highest BCUT2D eigenvalue weighted by Crippen LogP contribution is 2.26. The van der Waals surface area contributed by atoms with Gasteiger partial charge in [0, 0.05) is 19.3 Å². The molecule has 3 rings (SSSR count). The Bertz CT molecular complexity index is 392. The lowest BCUT2D eigenvalue weighted by molar-refractivity contribution is 0.0940. The third-order valence-electron chi connectivity index (χ3n) is 4.65. The van der Waals surface area contributed by atoms with E-state index in [2.05, 4.69) is 16.6 Å². The highest BCUT2D eigenvalue weighted by Gasteiger charge is 2.16. The molecule has 1 atom stereocenters. The summed E-state index contributed by atoms with van der Waals surface area (Å²) in [6.07, 6.45) is 15.3. The number of hydrogen-bond donors (Lipinski definition) is 1. The Morgan fingerprint density at radius 3 is 2.90 bits per heavy atom. The van der Waals surface area contributed by atoms with Crippen LogP contribution in [0.3, 0.4) is 0 Å². The summed E-state index contributed by atoms with van der Waals surface area (Å²) in [6, 6.07) is 0. The van der Waals surface area contributed by atoms with Gasteiger partial charge in [0.1, 0.15) is 0 Å². The molecule has 112 valence electrons. The van der Waals surface area contributed by atoms with E-state index in [9.17, 15) is 0 Å². The van der Waals surface area contributed by atoms with E-state index in [4.69, 9.17) is 4.74 Å². The Hall–Kier alpha value is -1.03. The standard InChI is InChI=1S/C16H27N3O/c1-2-5-14(6-3-1)8-9-17-15-11-18-19(12-15)13-16-7-4-10-20-16/h11-12,14,16-17H,1-10,13H2. The third-order valence-corrected chi connectivity index (χ3v) is 4.65. The number of nitrogens with zero attached hydrogens (tertiary/aromatic N) is 2. The number of nitrogens with one attached hydrogen (secondary N) is 1. The lowest BCUT2D eigenvalue weighted by Gasteiger charge is -2.21. The van der Waals surface area contributed by atoms with Gasteiger partial charge in [0.2, 0.25) is 0 Å². The molecule has 0 radical (unpaired) electrons. The van der Waals surface area contributed by atoms with Crippen molar-refractivity contribution >= 4 is 5.69 Å². The molecule has 1 saturated heterocycles. The lowest BCUT2D eigenvalue weighted by Crippen LogP contribution is -2.15. The highest BCUT2D eigenvalue weighted by molar-refractivity contribution is 5.37. The maximum Gasteiger partial charge on any atom is 0.0771 e. The second-order valence-electron chi connectivity index (χ2n) is 6.31. The van der Waals surface area contributed by atoms with E-state index in [1.807, 2.05) is 10.9 Å². The van der Waals surface area contributed by atoms with Crippen molar-refractivity contribution in [1.82, 2.24) is 9.78 Å². The number of ether oxygens (including phenoxy) is 1. The van der Waals surface area contributed by atoms with Gasteiger partial charge in [-0.1, -0.05) is 32.1 Å². The van der Waals surface area contributed by atoms with Crippen LogP contribution in [0, 0.1) is 5.92 Å². The number of aromatic nitrogens is 2. The number of anilines is 1. The van der Waals surface area contributed by atoms with Gasteiger partial charge in [0.05, 0.1) is 24.5 Å². The Morgan fingerprint density at radius 1 is 1.20 bits per heavy atom. The molecule has 0 bridgehead atoms. The van der Waals surface area contributed by atoms with Crippen LogP contribution in [0.4, 0.5) is 5.69 Å². The monoisotopic (exact) mass is 277 g/mol. The summed E-state index contributed by atoms with van der Waals surface area (Å²) in [5.74, 6) is 0.943. The van der Waals surface area contributed by atoms with Gasteiger partial charge in [-0.25, -0.2) is 0 Å². The maximum atomic E-state index is 5.65. The molecule has 2 aliphatic rings. The van der Waals surface area contributed by atoms with Gasteiger partial charge in [-0.05, 0) is 25.2 Å². The summed E-state index contributed by atoms with van der Waals surface area (Å²) in [5, 5.41) is 7.93. The molecule has 1 saturated carbocycles. The molecule has 1 aromatic rings. The van der Waals surface area contributed by atoms with Crippen molar-refractivity contribution in [3.8, 4) is 0 Å². The Balaban J connectivity index is 1.38. The van der Waals surface area contributed by atoms with Crippen LogP contribution in [0.2, 0.25) is 0 Å². The molecule has 0 spiro atoms. The smallest absolute Gasteiger partial charge is 0.0771 e. The highest BCUT2D eigenvalue weighted by atomic mass is 16.5. The van der Waals surface area contributed by atoms with Crippen LogP contribution in [-0.2, 0) is 11.3 Å². The summed E-state index contributed by atoms with van der Waals surface area (Å²) >= 11 is 0. The normalized spacial score (nSPS) is 24.1. The number of hydrogen-bond acceptors (Lipinski definition) is 3. The fourth-order valence-electron chi connectivity index (χ4n) is 3.45. The van der Waals surface area contributed by atoms with Gasteiger partial charge in [-0.2, -0.15) is 5.10 Å². The first-order chi connectivity index (χ1) is 9.90. The van der Waals surface area contributed by atoms with Gasteiger partial charge < -0.3 is 10.1 Å². The zero-order chi connectivity index (χ0) is 13.6. The topological polar surface area (TPSA) is 39.1 Å². The number of rotatable bonds is 6. The molecule has 20 heavy (non-hydrogen) atoms. The molecule has 1 unspecified atom stereocenters. The molecule has 0 amide bonds. The van der Waals surface area contributed by atoms with E-state index in [1.165, 1.54) is 51.4 Å². The van der Waals surface area contributed by atoms with Crippen LogP contribution in [0.25, 0.3) is 0 Å². The quantitative estimate of drug-likeness (QED) is 0.865. The molecular formula is C16H27N3O. The molecule has 1 aromatic heterocycles. The van der Waals surface area contributed by atoms with Crippen LogP contribution < -0.4 is 5.32 Å². The zero-order valence-electron chi connectivity index (χ0n) is 12.4. The molecule has 1 aliphatic carbocycles. The predicted molar refractivity (Wildman–Crippen MR) is 80.9 cm³/mol. The Kier molecular flexibility index (Phi) is 4.96. The minimum atomic E-state index is 0.366. The third kappa shape index (κ3) is 3.98. The molecule has 0 aromatic carbocycles. The van der Waals surface area contributed by atoms with Crippen molar-refractivity contribution in [1.29, 1.82) is 0 Å². The van der Waals surface area contributed by atoms with Crippen LogP contribution in [0.15, 0.2) is 12.4 Å². The first-order valence-electron chi connectivity index (χ1n) is 8.28. The van der Waals surface area contributed by atoms with Crippen molar-refractivity contribution in [3.63, 3.8) is 0 Å². The largest absolute Gasteiger partial charge is 0.383 e. The second-order valence-corrected chi connectivity index (χ2v) is 6.31. The fraction of sp³-hybridized carbons (Fsp3) is 0.812. The Morgan fingerprint density at radius 2 is 2.10 bits per heavy atom. The van der Waals surface area contributed by atoms with Crippen molar-refractivity contribution < 1.29 is 4.74 Å². The van der Waals surface area contributed by atoms with E-state index in [1.54, 1.807) is 0 Å². The summed E-state index contributed by atoms with van der Waals surface area (Å²) in [4.78, 5) is 0. The summed E-state index contributed by atoms with van der Waals surface area (Å²) in [7, 11) is 0. The van der Waals surface area contributed by atoms with E-state index in [0.717, 1.165) is 31.3 Å². The van der Waals surface area contributed by atoms with Crippen molar-refractivity contribution in [2.45, 2.75) is 64.0 Å².